The summed E-state index contributed by atoms with van der Waals surface area (Å²) in [6.07, 6.45) is 2.25. The van der Waals surface area contributed by atoms with Crippen LogP contribution in [0.25, 0.3) is 0 Å². The lowest BCUT2D eigenvalue weighted by Crippen LogP contribution is -2.33. The molecule has 0 aromatic rings. The number of carbonyl (C=O) groups is 1. The number of piperidine rings is 1. The lowest BCUT2D eigenvalue weighted by molar-refractivity contribution is -0.146. The van der Waals surface area contributed by atoms with Crippen LogP contribution >= 0.6 is 12.4 Å². The summed E-state index contributed by atoms with van der Waals surface area (Å²) >= 11 is 0. The van der Waals surface area contributed by atoms with Gasteiger partial charge in [-0.1, -0.05) is 0 Å². The molecule has 1 aliphatic carbocycles. The van der Waals surface area contributed by atoms with Crippen LogP contribution in [0.4, 0.5) is 0 Å². The smallest absolute Gasteiger partial charge is 0.308 e. The van der Waals surface area contributed by atoms with Gasteiger partial charge in [-0.15, -0.1) is 12.4 Å². The summed E-state index contributed by atoms with van der Waals surface area (Å²) in [5, 5.41) is 3.35. The Morgan fingerprint density at radius 1 is 1.38 bits per heavy atom. The van der Waals surface area contributed by atoms with E-state index < -0.39 is 0 Å². The molecule has 2 fully saturated rings. The summed E-state index contributed by atoms with van der Waals surface area (Å²) < 4.78 is 4.78. The molecule has 3 nitrogen and oxygen atoms in total. The summed E-state index contributed by atoms with van der Waals surface area (Å²) in [6, 6.07) is 0. The van der Waals surface area contributed by atoms with Crippen LogP contribution in [0.5, 0.6) is 0 Å². The van der Waals surface area contributed by atoms with Gasteiger partial charge >= 0.3 is 5.97 Å². The molecule has 0 amide bonds. The Hall–Kier alpha value is -0.280. The molecular formula is C9H16ClNO2. The number of ether oxygens (including phenoxy) is 1. The van der Waals surface area contributed by atoms with Gasteiger partial charge in [0.25, 0.3) is 0 Å². The first kappa shape index (κ1) is 10.8. The van der Waals surface area contributed by atoms with E-state index in [0.717, 1.165) is 19.5 Å². The van der Waals surface area contributed by atoms with Gasteiger partial charge in [0.2, 0.25) is 0 Å². The van der Waals surface area contributed by atoms with Gasteiger partial charge in [-0.25, -0.2) is 0 Å². The molecule has 4 heteroatoms. The van der Waals surface area contributed by atoms with Gasteiger partial charge in [-0.2, -0.15) is 0 Å². The van der Waals surface area contributed by atoms with Crippen molar-refractivity contribution in [2.24, 2.45) is 17.8 Å². The van der Waals surface area contributed by atoms with Gasteiger partial charge in [0.05, 0.1) is 13.0 Å². The minimum absolute atomic E-state index is 0. The predicted molar refractivity (Wildman–Crippen MR) is 51.8 cm³/mol. The molecule has 1 saturated heterocycles. The lowest BCUT2D eigenvalue weighted by atomic mass is 9.95. The van der Waals surface area contributed by atoms with Crippen molar-refractivity contribution in [3.8, 4) is 0 Å². The number of methoxy groups -OCH3 is 1. The van der Waals surface area contributed by atoms with Crippen LogP contribution < -0.4 is 5.32 Å². The summed E-state index contributed by atoms with van der Waals surface area (Å²) in [4.78, 5) is 11.3. The number of fused-ring (bicyclic) bond motifs is 2. The van der Waals surface area contributed by atoms with Crippen LogP contribution in [0, 0.1) is 17.8 Å². The van der Waals surface area contributed by atoms with Gasteiger partial charge < -0.3 is 10.1 Å². The SMILES string of the molecule is COC(=O)C1CC2CNCC1C2.Cl. The summed E-state index contributed by atoms with van der Waals surface area (Å²) in [5.41, 5.74) is 0. The molecule has 1 aliphatic heterocycles. The van der Waals surface area contributed by atoms with Crippen LogP contribution in [-0.4, -0.2) is 26.2 Å². The highest BCUT2D eigenvalue weighted by molar-refractivity contribution is 5.85. The zero-order valence-electron chi connectivity index (χ0n) is 7.79. The maximum atomic E-state index is 11.3. The number of esters is 1. The Bertz CT molecular complexity index is 198. The van der Waals surface area contributed by atoms with E-state index in [9.17, 15) is 4.79 Å². The summed E-state index contributed by atoms with van der Waals surface area (Å²) in [6.45, 7) is 2.08. The Morgan fingerprint density at radius 3 is 2.77 bits per heavy atom. The first-order valence-electron chi connectivity index (χ1n) is 4.60. The molecule has 0 aromatic heterocycles. The number of nitrogens with one attached hydrogen (secondary N) is 1. The highest BCUT2D eigenvalue weighted by Crippen LogP contribution is 2.38. The number of halogens is 1. The molecule has 3 atom stereocenters. The van der Waals surface area contributed by atoms with E-state index in [4.69, 9.17) is 4.74 Å². The van der Waals surface area contributed by atoms with E-state index in [1.54, 1.807) is 0 Å². The molecule has 2 bridgehead atoms. The maximum absolute atomic E-state index is 11.3. The van der Waals surface area contributed by atoms with E-state index in [-0.39, 0.29) is 24.3 Å². The Morgan fingerprint density at radius 2 is 2.15 bits per heavy atom. The predicted octanol–water partition coefficient (Wildman–Crippen LogP) is 0.827. The van der Waals surface area contributed by atoms with Crippen LogP contribution in [0.2, 0.25) is 0 Å². The highest BCUT2D eigenvalue weighted by Gasteiger charge is 2.41. The molecular weight excluding hydrogens is 190 g/mol. The molecule has 2 aliphatic rings. The molecule has 13 heavy (non-hydrogen) atoms. The molecule has 0 spiro atoms. The van der Waals surface area contributed by atoms with Crippen LogP contribution in [0.3, 0.4) is 0 Å². The van der Waals surface area contributed by atoms with Crippen LogP contribution in [0.15, 0.2) is 0 Å². The average Bonchev–Trinajstić information content (AvgIpc) is 2.40. The first-order chi connectivity index (χ1) is 5.81. The fraction of sp³-hybridized carbons (Fsp3) is 0.889. The third-order valence-corrected chi connectivity index (χ3v) is 3.14. The van der Waals surface area contributed by atoms with E-state index >= 15 is 0 Å². The van der Waals surface area contributed by atoms with Crippen molar-refractivity contribution >= 4 is 18.4 Å². The van der Waals surface area contributed by atoms with Crippen molar-refractivity contribution in [1.82, 2.24) is 5.32 Å². The molecule has 0 aromatic carbocycles. The van der Waals surface area contributed by atoms with E-state index in [1.165, 1.54) is 13.5 Å². The number of hydrogen-bond acceptors (Lipinski definition) is 3. The van der Waals surface area contributed by atoms with E-state index in [2.05, 4.69) is 5.32 Å². The molecule has 0 radical (unpaired) electrons. The molecule has 76 valence electrons. The first-order valence-corrected chi connectivity index (χ1v) is 4.60. The van der Waals surface area contributed by atoms with Crippen molar-refractivity contribution in [2.75, 3.05) is 20.2 Å². The normalized spacial score (nSPS) is 36.5. The van der Waals surface area contributed by atoms with Crippen LogP contribution in [-0.2, 0) is 9.53 Å². The molecule has 1 heterocycles. The average molecular weight is 206 g/mol. The Labute approximate surface area is 84.6 Å². The molecule has 3 unspecified atom stereocenters. The van der Waals surface area contributed by atoms with Crippen molar-refractivity contribution in [3.63, 3.8) is 0 Å². The van der Waals surface area contributed by atoms with Crippen molar-refractivity contribution in [1.29, 1.82) is 0 Å². The van der Waals surface area contributed by atoms with Gasteiger partial charge in [0, 0.05) is 0 Å². The second-order valence-electron chi connectivity index (χ2n) is 3.89. The monoisotopic (exact) mass is 205 g/mol. The van der Waals surface area contributed by atoms with Gasteiger partial charge in [-0.3, -0.25) is 4.79 Å². The topological polar surface area (TPSA) is 38.3 Å². The van der Waals surface area contributed by atoms with Crippen molar-refractivity contribution in [2.45, 2.75) is 12.8 Å². The fourth-order valence-corrected chi connectivity index (χ4v) is 2.55. The van der Waals surface area contributed by atoms with Crippen molar-refractivity contribution < 1.29 is 9.53 Å². The quantitative estimate of drug-likeness (QED) is 0.645. The largest absolute Gasteiger partial charge is 0.469 e. The van der Waals surface area contributed by atoms with Crippen LogP contribution in [0.1, 0.15) is 12.8 Å². The third kappa shape index (κ3) is 1.97. The maximum Gasteiger partial charge on any atom is 0.308 e. The highest BCUT2D eigenvalue weighted by atomic mass is 35.5. The minimum Gasteiger partial charge on any atom is -0.469 e. The zero-order chi connectivity index (χ0) is 8.55. The van der Waals surface area contributed by atoms with Gasteiger partial charge in [-0.05, 0) is 37.8 Å². The lowest BCUT2D eigenvalue weighted by Gasteiger charge is -2.20. The number of carbonyl (C=O) groups excluding carboxylic acids is 1. The standard InChI is InChI=1S/C9H15NO2.ClH/c1-12-9(11)8-3-6-2-7(8)5-10-4-6;/h6-8,10H,2-5H2,1H3;1H. The fourth-order valence-electron chi connectivity index (χ4n) is 2.55. The summed E-state index contributed by atoms with van der Waals surface area (Å²) in [7, 11) is 1.48. The van der Waals surface area contributed by atoms with Crippen molar-refractivity contribution in [3.05, 3.63) is 0 Å². The van der Waals surface area contributed by atoms with E-state index in [1.807, 2.05) is 0 Å². The van der Waals surface area contributed by atoms with Gasteiger partial charge in [0.1, 0.15) is 0 Å². The number of rotatable bonds is 1. The molecule has 1 saturated carbocycles. The second kappa shape index (κ2) is 4.29. The molecule has 2 rings (SSSR count). The second-order valence-corrected chi connectivity index (χ2v) is 3.89. The summed E-state index contributed by atoms with van der Waals surface area (Å²) in [5.74, 6) is 1.42. The van der Waals surface area contributed by atoms with Gasteiger partial charge in [0.15, 0.2) is 0 Å². The third-order valence-electron chi connectivity index (χ3n) is 3.14. The Kier molecular flexibility index (Phi) is 3.56. The Balaban J connectivity index is 0.000000845. The molecule has 1 N–H and O–H groups in total. The van der Waals surface area contributed by atoms with E-state index in [0.29, 0.717) is 11.8 Å². The minimum atomic E-state index is -0.00815. The zero-order valence-corrected chi connectivity index (χ0v) is 8.60. The number of hydrogen-bond donors (Lipinski definition) is 1.